The van der Waals surface area contributed by atoms with Crippen LogP contribution in [0.15, 0.2) is 18.3 Å². The summed E-state index contributed by atoms with van der Waals surface area (Å²) in [6.07, 6.45) is 3.83. The Morgan fingerprint density at radius 1 is 1.62 bits per heavy atom. The molecule has 0 saturated carbocycles. The molecule has 5 heteroatoms. The fourth-order valence-electron chi connectivity index (χ4n) is 1.49. The minimum absolute atomic E-state index is 0.0819. The third-order valence-electron chi connectivity index (χ3n) is 2.24. The van der Waals surface area contributed by atoms with E-state index in [9.17, 15) is 4.79 Å². The molecule has 2 rings (SSSR count). The Balaban J connectivity index is 1.93. The van der Waals surface area contributed by atoms with Crippen LogP contribution in [0.2, 0.25) is 0 Å². The van der Waals surface area contributed by atoms with Gasteiger partial charge in [0.05, 0.1) is 19.6 Å². The van der Waals surface area contributed by atoms with Gasteiger partial charge >= 0.3 is 0 Å². The van der Waals surface area contributed by atoms with E-state index in [4.69, 9.17) is 15.2 Å². The first-order valence-corrected chi connectivity index (χ1v) is 5.08. The second-order valence-corrected chi connectivity index (χ2v) is 3.58. The van der Waals surface area contributed by atoms with Gasteiger partial charge in [-0.05, 0) is 5.56 Å². The molecule has 1 aromatic heterocycles. The third kappa shape index (κ3) is 2.93. The number of amides is 1. The highest BCUT2D eigenvalue weighted by molar-refractivity contribution is 5.86. The number of pyridine rings is 1. The van der Waals surface area contributed by atoms with E-state index in [1.807, 2.05) is 0 Å². The minimum Gasteiger partial charge on any atom is -0.472 e. The Bertz CT molecular complexity index is 358. The smallest absolute Gasteiger partial charge is 0.226 e. The first-order chi connectivity index (χ1) is 7.74. The van der Waals surface area contributed by atoms with Crippen LogP contribution in [-0.2, 0) is 9.53 Å². The third-order valence-corrected chi connectivity index (χ3v) is 2.24. The van der Waals surface area contributed by atoms with Gasteiger partial charge in [-0.15, -0.1) is 0 Å². The molecule has 0 aliphatic carbocycles. The van der Waals surface area contributed by atoms with Gasteiger partial charge in [-0.25, -0.2) is 4.98 Å². The van der Waals surface area contributed by atoms with Gasteiger partial charge in [-0.2, -0.15) is 0 Å². The van der Waals surface area contributed by atoms with Gasteiger partial charge in [0.25, 0.3) is 0 Å². The molecule has 1 fully saturated rings. The Kier molecular flexibility index (Phi) is 3.36. The zero-order chi connectivity index (χ0) is 11.4. The Morgan fingerprint density at radius 3 is 3.06 bits per heavy atom. The Hall–Kier alpha value is -1.62. The lowest BCUT2D eigenvalue weighted by Crippen LogP contribution is -2.16. The van der Waals surface area contributed by atoms with Gasteiger partial charge in [-0.3, -0.25) is 4.79 Å². The largest absolute Gasteiger partial charge is 0.472 e. The van der Waals surface area contributed by atoms with Crippen molar-refractivity contribution in [3.63, 3.8) is 0 Å². The average molecular weight is 221 g/mol. The molecule has 0 bridgehead atoms. The predicted molar refractivity (Wildman–Crippen MR) is 56.7 cm³/mol. The molecule has 2 heterocycles. The molecule has 1 amide bonds. The number of carbonyl (C=O) groups excluding carboxylic acids is 1. The lowest BCUT2D eigenvalue weighted by atomic mass is 10.2. The average Bonchev–Trinajstić information content (AvgIpc) is 2.73. The van der Waals surface area contributed by atoms with E-state index in [1.165, 1.54) is 6.42 Å². The van der Waals surface area contributed by atoms with Crippen molar-refractivity contribution in [2.45, 2.75) is 12.5 Å². The van der Waals surface area contributed by atoms with Crippen molar-refractivity contribution in [1.29, 1.82) is 0 Å². The van der Waals surface area contributed by atoms with Crippen LogP contribution < -0.4 is 10.5 Å². The number of aromatic nitrogens is 1. The Labute approximate surface area is 93.6 Å². The van der Waals surface area contributed by atoms with Gasteiger partial charge in [0.2, 0.25) is 11.8 Å². The maximum atomic E-state index is 10.6. The second kappa shape index (κ2) is 4.94. The lowest BCUT2D eigenvalue weighted by molar-refractivity contribution is -0.114. The van der Waals surface area contributed by atoms with Crippen molar-refractivity contribution < 1.29 is 14.3 Å². The molecule has 0 unspecified atom stereocenters. The van der Waals surface area contributed by atoms with E-state index in [0.717, 1.165) is 13.0 Å². The molecule has 0 aromatic carbocycles. The molecular formula is C11H13N2O3. The van der Waals surface area contributed by atoms with Gasteiger partial charge in [0.15, 0.2) is 0 Å². The number of hydrogen-bond donors (Lipinski definition) is 1. The van der Waals surface area contributed by atoms with Crippen LogP contribution in [0.5, 0.6) is 5.88 Å². The Morgan fingerprint density at radius 2 is 2.50 bits per heavy atom. The molecule has 1 radical (unpaired) electrons. The minimum atomic E-state index is -0.486. The summed E-state index contributed by atoms with van der Waals surface area (Å²) in [7, 11) is 0. The zero-order valence-corrected chi connectivity index (χ0v) is 8.76. The summed E-state index contributed by atoms with van der Waals surface area (Å²) in [6, 6.07) is 3.45. The lowest BCUT2D eigenvalue weighted by Gasteiger charge is -2.10. The van der Waals surface area contributed by atoms with E-state index in [-0.39, 0.29) is 6.10 Å². The molecule has 1 aliphatic heterocycles. The quantitative estimate of drug-likeness (QED) is 0.792. The highest BCUT2D eigenvalue weighted by Crippen LogP contribution is 2.15. The number of carbonyl (C=O) groups is 1. The van der Waals surface area contributed by atoms with Crippen LogP contribution in [0.25, 0.3) is 0 Å². The van der Waals surface area contributed by atoms with E-state index in [0.29, 0.717) is 18.1 Å². The summed E-state index contributed by atoms with van der Waals surface area (Å²) in [5, 5.41) is 0. The summed E-state index contributed by atoms with van der Waals surface area (Å²) in [5.41, 5.74) is 5.69. The second-order valence-electron chi connectivity index (χ2n) is 3.58. The molecule has 1 saturated heterocycles. The van der Waals surface area contributed by atoms with Crippen molar-refractivity contribution in [2.75, 3.05) is 13.2 Å². The molecule has 16 heavy (non-hydrogen) atoms. The highest BCUT2D eigenvalue weighted by atomic mass is 16.5. The molecule has 85 valence electrons. The van der Waals surface area contributed by atoms with Crippen LogP contribution in [-0.4, -0.2) is 30.2 Å². The molecule has 5 nitrogen and oxygen atoms in total. The van der Waals surface area contributed by atoms with E-state index in [2.05, 4.69) is 4.98 Å². The maximum absolute atomic E-state index is 10.6. The standard InChI is InChI=1S/C11H13N2O3/c12-10(14)5-8-1-2-11(13-6-8)16-9-3-4-15-7-9/h1-2,5-6,9H,3-4,7H2,(H2,12,14)/t9-/m1/s1. The summed E-state index contributed by atoms with van der Waals surface area (Å²) < 4.78 is 10.8. The fraction of sp³-hybridized carbons (Fsp3) is 0.364. The van der Waals surface area contributed by atoms with Crippen molar-refractivity contribution in [3.8, 4) is 5.88 Å². The van der Waals surface area contributed by atoms with Gasteiger partial charge < -0.3 is 15.2 Å². The number of hydrogen-bond acceptors (Lipinski definition) is 4. The number of rotatable bonds is 4. The van der Waals surface area contributed by atoms with Crippen LogP contribution in [0.1, 0.15) is 12.0 Å². The maximum Gasteiger partial charge on any atom is 0.226 e. The monoisotopic (exact) mass is 221 g/mol. The van der Waals surface area contributed by atoms with Crippen LogP contribution in [0.3, 0.4) is 0 Å². The van der Waals surface area contributed by atoms with Crippen LogP contribution >= 0.6 is 0 Å². The topological polar surface area (TPSA) is 74.4 Å². The first kappa shape index (κ1) is 10.9. The normalized spacial score (nSPS) is 19.6. The van der Waals surface area contributed by atoms with Crippen LogP contribution in [0, 0.1) is 6.42 Å². The molecular weight excluding hydrogens is 208 g/mol. The summed E-state index contributed by atoms with van der Waals surface area (Å²) in [6.45, 7) is 1.34. The van der Waals surface area contributed by atoms with Crippen molar-refractivity contribution >= 4 is 5.91 Å². The van der Waals surface area contributed by atoms with Crippen molar-refractivity contribution in [2.24, 2.45) is 5.73 Å². The number of primary amides is 1. The summed E-state index contributed by atoms with van der Waals surface area (Å²) >= 11 is 0. The first-order valence-electron chi connectivity index (χ1n) is 5.08. The van der Waals surface area contributed by atoms with Crippen LogP contribution in [0.4, 0.5) is 0 Å². The summed E-state index contributed by atoms with van der Waals surface area (Å²) in [5.74, 6) is 0.0526. The SMILES string of the molecule is NC(=O)[CH]c1ccc(O[C@@H]2CCOC2)nc1. The van der Waals surface area contributed by atoms with Crippen molar-refractivity contribution in [1.82, 2.24) is 4.98 Å². The van der Waals surface area contributed by atoms with E-state index >= 15 is 0 Å². The highest BCUT2D eigenvalue weighted by Gasteiger charge is 2.17. The number of ether oxygens (including phenoxy) is 2. The fourth-order valence-corrected chi connectivity index (χ4v) is 1.49. The van der Waals surface area contributed by atoms with Gasteiger partial charge in [0.1, 0.15) is 6.10 Å². The molecule has 1 aromatic rings. The molecule has 0 spiro atoms. The van der Waals surface area contributed by atoms with Gasteiger partial charge in [-0.1, -0.05) is 6.07 Å². The number of nitrogens with two attached hydrogens (primary N) is 1. The van der Waals surface area contributed by atoms with E-state index < -0.39 is 5.91 Å². The molecule has 1 aliphatic rings. The van der Waals surface area contributed by atoms with Gasteiger partial charge in [0, 0.05) is 18.7 Å². The summed E-state index contributed by atoms with van der Waals surface area (Å²) in [4.78, 5) is 14.7. The molecule has 1 atom stereocenters. The number of nitrogens with zero attached hydrogens (tertiary/aromatic N) is 1. The zero-order valence-electron chi connectivity index (χ0n) is 8.76. The van der Waals surface area contributed by atoms with Crippen molar-refractivity contribution in [3.05, 3.63) is 30.3 Å². The predicted octanol–water partition coefficient (Wildman–Crippen LogP) is 0.287. The van der Waals surface area contributed by atoms with E-state index in [1.54, 1.807) is 18.3 Å². The molecule has 2 N–H and O–H groups in total.